The molecular formula is C22H23N3O5. The molecule has 1 amide bonds. The first-order valence-corrected chi connectivity index (χ1v) is 9.50. The number of hydrogen-bond donors (Lipinski definition) is 1. The summed E-state index contributed by atoms with van der Waals surface area (Å²) in [4.78, 5) is 23.8. The highest BCUT2D eigenvalue weighted by molar-refractivity contribution is 5.91. The number of esters is 1. The zero-order valence-corrected chi connectivity index (χ0v) is 17.0. The average molecular weight is 409 g/mol. The number of anilines is 1. The molecule has 3 rings (SSSR count). The van der Waals surface area contributed by atoms with Crippen molar-refractivity contribution in [2.45, 2.75) is 26.7 Å². The van der Waals surface area contributed by atoms with Crippen LogP contribution in [-0.2, 0) is 14.3 Å². The predicted molar refractivity (Wildman–Crippen MR) is 110 cm³/mol. The number of carbonyl (C=O) groups is 2. The van der Waals surface area contributed by atoms with E-state index < -0.39 is 18.5 Å². The smallest absolute Gasteiger partial charge is 0.344 e. The highest BCUT2D eigenvalue weighted by atomic mass is 16.6. The molecule has 8 heteroatoms. The van der Waals surface area contributed by atoms with Crippen LogP contribution >= 0.6 is 0 Å². The van der Waals surface area contributed by atoms with Crippen molar-refractivity contribution in [3.05, 3.63) is 59.7 Å². The van der Waals surface area contributed by atoms with Gasteiger partial charge in [0.05, 0.1) is 0 Å². The van der Waals surface area contributed by atoms with Crippen LogP contribution in [0.25, 0.3) is 11.5 Å². The zero-order valence-electron chi connectivity index (χ0n) is 17.0. The molecule has 1 aromatic heterocycles. The Morgan fingerprint density at radius 2 is 1.83 bits per heavy atom. The molecule has 0 radical (unpaired) electrons. The van der Waals surface area contributed by atoms with Crippen molar-refractivity contribution in [3.63, 3.8) is 0 Å². The van der Waals surface area contributed by atoms with Gasteiger partial charge in [0, 0.05) is 5.56 Å². The number of nitrogens with one attached hydrogen (secondary N) is 1. The minimum absolute atomic E-state index is 0.0770. The van der Waals surface area contributed by atoms with Crippen molar-refractivity contribution < 1.29 is 23.5 Å². The van der Waals surface area contributed by atoms with Gasteiger partial charge in [-0.05, 0) is 48.2 Å². The Morgan fingerprint density at radius 3 is 2.53 bits per heavy atom. The van der Waals surface area contributed by atoms with E-state index in [1.54, 1.807) is 12.1 Å². The molecule has 0 saturated carbocycles. The number of benzene rings is 2. The van der Waals surface area contributed by atoms with Gasteiger partial charge in [-0.25, -0.2) is 4.79 Å². The second-order valence-corrected chi connectivity index (χ2v) is 6.95. The van der Waals surface area contributed by atoms with E-state index in [1.165, 1.54) is 5.56 Å². The van der Waals surface area contributed by atoms with Crippen molar-refractivity contribution in [2.24, 2.45) is 0 Å². The molecule has 0 fully saturated rings. The number of aryl methyl sites for hydroxylation is 1. The molecule has 0 spiro atoms. The topological polar surface area (TPSA) is 104 Å². The number of carbonyl (C=O) groups excluding carboxylic acids is 2. The van der Waals surface area contributed by atoms with Crippen molar-refractivity contribution in [3.8, 4) is 17.2 Å². The molecule has 8 nitrogen and oxygen atoms in total. The summed E-state index contributed by atoms with van der Waals surface area (Å²) >= 11 is 0. The monoisotopic (exact) mass is 409 g/mol. The molecule has 0 atom stereocenters. The minimum Gasteiger partial charge on any atom is -0.482 e. The molecule has 0 aliphatic rings. The fraction of sp³-hybridized carbons (Fsp3) is 0.273. The van der Waals surface area contributed by atoms with Crippen LogP contribution in [0.5, 0.6) is 5.75 Å². The molecule has 30 heavy (non-hydrogen) atoms. The van der Waals surface area contributed by atoms with Gasteiger partial charge < -0.3 is 13.9 Å². The molecule has 0 aliphatic carbocycles. The molecule has 0 unspecified atom stereocenters. The SMILES string of the molecule is Cc1cc(OCC(=O)OCC(=O)Nc2nnc(-c3ccccc3)o2)ccc1C(C)C. The van der Waals surface area contributed by atoms with Crippen molar-refractivity contribution in [1.82, 2.24) is 10.2 Å². The molecule has 3 aromatic rings. The van der Waals surface area contributed by atoms with Crippen LogP contribution in [0, 0.1) is 6.92 Å². The number of amides is 1. The third-order valence-corrected chi connectivity index (χ3v) is 4.28. The second-order valence-electron chi connectivity index (χ2n) is 6.95. The van der Waals surface area contributed by atoms with Gasteiger partial charge in [0.15, 0.2) is 13.2 Å². The number of nitrogens with zero attached hydrogens (tertiary/aromatic N) is 2. The summed E-state index contributed by atoms with van der Waals surface area (Å²) in [6, 6.07) is 14.7. The third-order valence-electron chi connectivity index (χ3n) is 4.28. The number of aromatic nitrogens is 2. The van der Waals surface area contributed by atoms with Crippen LogP contribution in [0.4, 0.5) is 6.01 Å². The van der Waals surface area contributed by atoms with Crippen LogP contribution < -0.4 is 10.1 Å². The van der Waals surface area contributed by atoms with Crippen LogP contribution in [0.1, 0.15) is 30.9 Å². The van der Waals surface area contributed by atoms with Crippen molar-refractivity contribution >= 4 is 17.9 Å². The molecule has 1 N–H and O–H groups in total. The summed E-state index contributed by atoms with van der Waals surface area (Å²) in [5.74, 6) is -0.00665. The van der Waals surface area contributed by atoms with E-state index in [0.29, 0.717) is 11.7 Å². The standard InChI is InChI=1S/C22H23N3O5/c1-14(2)18-10-9-17(11-15(18)3)28-13-20(27)29-12-19(26)23-22-25-24-21(30-22)16-7-5-4-6-8-16/h4-11,14H,12-13H2,1-3H3,(H,23,25,26). The molecule has 1 heterocycles. The minimum atomic E-state index is -0.661. The highest BCUT2D eigenvalue weighted by Gasteiger charge is 2.14. The lowest BCUT2D eigenvalue weighted by atomic mass is 9.98. The zero-order chi connectivity index (χ0) is 21.5. The summed E-state index contributed by atoms with van der Waals surface area (Å²) in [5, 5.41) is 10.0. The molecule has 0 bridgehead atoms. The maximum atomic E-state index is 11.9. The lowest BCUT2D eigenvalue weighted by Crippen LogP contribution is -2.23. The summed E-state index contributed by atoms with van der Waals surface area (Å²) in [6.07, 6.45) is 0. The summed E-state index contributed by atoms with van der Waals surface area (Å²) in [6.45, 7) is 5.43. The highest BCUT2D eigenvalue weighted by Crippen LogP contribution is 2.23. The largest absolute Gasteiger partial charge is 0.482 e. The van der Waals surface area contributed by atoms with Crippen LogP contribution in [0.15, 0.2) is 52.9 Å². The van der Waals surface area contributed by atoms with E-state index >= 15 is 0 Å². The van der Waals surface area contributed by atoms with E-state index in [4.69, 9.17) is 13.9 Å². The predicted octanol–water partition coefficient (Wildman–Crippen LogP) is 3.73. The number of rotatable bonds is 8. The first kappa shape index (κ1) is 21.0. The number of hydrogen-bond acceptors (Lipinski definition) is 7. The Balaban J connectivity index is 1.43. The summed E-state index contributed by atoms with van der Waals surface area (Å²) in [5.41, 5.74) is 3.04. The Labute approximate surface area is 174 Å². The molecule has 156 valence electrons. The normalized spacial score (nSPS) is 10.7. The number of ether oxygens (including phenoxy) is 2. The first-order chi connectivity index (χ1) is 14.4. The third kappa shape index (κ3) is 5.66. The lowest BCUT2D eigenvalue weighted by molar-refractivity contribution is -0.149. The quantitative estimate of drug-likeness (QED) is 0.565. The summed E-state index contributed by atoms with van der Waals surface area (Å²) in [7, 11) is 0. The maximum absolute atomic E-state index is 11.9. The van der Waals surface area contributed by atoms with Gasteiger partial charge in [-0.2, -0.15) is 0 Å². The molecular weight excluding hydrogens is 386 g/mol. The van der Waals surface area contributed by atoms with E-state index in [2.05, 4.69) is 29.4 Å². The Bertz CT molecular complexity index is 1010. The molecule has 0 saturated heterocycles. The fourth-order valence-corrected chi connectivity index (χ4v) is 2.84. The van der Waals surface area contributed by atoms with Gasteiger partial charge in [-0.15, -0.1) is 5.10 Å². The maximum Gasteiger partial charge on any atom is 0.344 e. The van der Waals surface area contributed by atoms with Gasteiger partial charge >= 0.3 is 12.0 Å². The lowest BCUT2D eigenvalue weighted by Gasteiger charge is -2.12. The van der Waals surface area contributed by atoms with Crippen molar-refractivity contribution in [1.29, 1.82) is 0 Å². The van der Waals surface area contributed by atoms with Crippen molar-refractivity contribution in [2.75, 3.05) is 18.5 Å². The van der Waals surface area contributed by atoms with E-state index in [-0.39, 0.29) is 18.5 Å². The Kier molecular flexibility index (Phi) is 6.79. The molecule has 0 aliphatic heterocycles. The van der Waals surface area contributed by atoms with E-state index in [9.17, 15) is 9.59 Å². The van der Waals surface area contributed by atoms with Gasteiger partial charge in [0.25, 0.3) is 5.91 Å². The van der Waals surface area contributed by atoms with Gasteiger partial charge in [0.1, 0.15) is 5.75 Å². The Morgan fingerprint density at radius 1 is 1.07 bits per heavy atom. The summed E-state index contributed by atoms with van der Waals surface area (Å²) < 4.78 is 15.7. The second kappa shape index (κ2) is 9.69. The van der Waals surface area contributed by atoms with E-state index in [1.807, 2.05) is 43.3 Å². The van der Waals surface area contributed by atoms with Gasteiger partial charge in [-0.1, -0.05) is 43.2 Å². The average Bonchev–Trinajstić information content (AvgIpc) is 3.19. The Hall–Kier alpha value is -3.68. The fourth-order valence-electron chi connectivity index (χ4n) is 2.84. The van der Waals surface area contributed by atoms with Crippen LogP contribution in [-0.4, -0.2) is 35.3 Å². The van der Waals surface area contributed by atoms with Gasteiger partial charge in [-0.3, -0.25) is 10.1 Å². The van der Waals surface area contributed by atoms with E-state index in [0.717, 1.165) is 11.1 Å². The van der Waals surface area contributed by atoms with Crippen LogP contribution in [0.3, 0.4) is 0 Å². The molecule has 2 aromatic carbocycles. The van der Waals surface area contributed by atoms with Gasteiger partial charge in [0.2, 0.25) is 5.89 Å². The first-order valence-electron chi connectivity index (χ1n) is 9.50. The van der Waals surface area contributed by atoms with Crippen LogP contribution in [0.2, 0.25) is 0 Å².